The molecule has 0 atom stereocenters. The Morgan fingerprint density at radius 2 is 1.70 bits per heavy atom. The molecular weight excluding hydrogens is 250 g/mol. The van der Waals surface area contributed by atoms with E-state index in [2.05, 4.69) is 30.1 Å². The smallest absolute Gasteiger partial charge is 0.160 e. The molecule has 0 saturated heterocycles. The lowest BCUT2D eigenvalue weighted by Gasteiger charge is -2.10. The summed E-state index contributed by atoms with van der Waals surface area (Å²) in [7, 11) is 3.31. The normalized spacial score (nSPS) is 10.3. The van der Waals surface area contributed by atoms with Gasteiger partial charge in [0.25, 0.3) is 0 Å². The summed E-state index contributed by atoms with van der Waals surface area (Å²) >= 11 is 0. The van der Waals surface area contributed by atoms with Crippen LogP contribution in [0, 0.1) is 0 Å². The molecule has 3 nitrogen and oxygen atoms in total. The van der Waals surface area contributed by atoms with Gasteiger partial charge in [0, 0.05) is 11.9 Å². The Labute approximate surface area is 120 Å². The Bertz CT molecular complexity index is 567. The molecule has 0 amide bonds. The second-order valence-corrected chi connectivity index (χ2v) is 4.77. The van der Waals surface area contributed by atoms with Gasteiger partial charge in [0.2, 0.25) is 0 Å². The highest BCUT2D eigenvalue weighted by Crippen LogP contribution is 2.28. The maximum absolute atomic E-state index is 5.34. The second kappa shape index (κ2) is 6.94. The summed E-state index contributed by atoms with van der Waals surface area (Å²) in [5.74, 6) is 1.53. The minimum Gasteiger partial charge on any atom is -0.493 e. The van der Waals surface area contributed by atoms with Crippen LogP contribution in [-0.2, 0) is 12.8 Å². The molecule has 0 aliphatic rings. The Hall–Kier alpha value is -2.03. The molecule has 0 aliphatic heterocycles. The quantitative estimate of drug-likeness (QED) is 0.803. The van der Waals surface area contributed by atoms with E-state index in [4.69, 9.17) is 9.47 Å². The van der Waals surface area contributed by atoms with Gasteiger partial charge in [0.15, 0.2) is 11.5 Å². The first kappa shape index (κ1) is 14.4. The number of ether oxygens (including phenoxy) is 2. The summed E-state index contributed by atoms with van der Waals surface area (Å²) in [6.07, 6.45) is 4.91. The van der Waals surface area contributed by atoms with E-state index in [1.807, 2.05) is 18.3 Å². The molecule has 0 fully saturated rings. The van der Waals surface area contributed by atoms with Crippen LogP contribution in [0.5, 0.6) is 11.5 Å². The van der Waals surface area contributed by atoms with E-state index in [0.717, 1.165) is 36.5 Å². The highest BCUT2D eigenvalue weighted by molar-refractivity contribution is 5.44. The molecule has 1 aromatic heterocycles. The molecule has 3 heteroatoms. The van der Waals surface area contributed by atoms with Crippen molar-refractivity contribution in [1.29, 1.82) is 0 Å². The second-order valence-electron chi connectivity index (χ2n) is 4.77. The van der Waals surface area contributed by atoms with Crippen LogP contribution < -0.4 is 9.47 Å². The molecule has 0 saturated carbocycles. The van der Waals surface area contributed by atoms with Gasteiger partial charge >= 0.3 is 0 Å². The van der Waals surface area contributed by atoms with Gasteiger partial charge in [0.1, 0.15) is 0 Å². The number of aryl methyl sites for hydroxylation is 1. The van der Waals surface area contributed by atoms with Crippen molar-refractivity contribution < 1.29 is 9.47 Å². The average Bonchev–Trinajstić information content (AvgIpc) is 2.48. The third-order valence-electron chi connectivity index (χ3n) is 3.24. The van der Waals surface area contributed by atoms with Crippen LogP contribution in [0.1, 0.15) is 30.2 Å². The maximum atomic E-state index is 5.34. The molecule has 0 aliphatic carbocycles. The molecule has 0 radical (unpaired) electrons. The Morgan fingerprint density at radius 1 is 0.950 bits per heavy atom. The lowest BCUT2D eigenvalue weighted by atomic mass is 10.0. The first-order chi connectivity index (χ1) is 9.76. The molecule has 1 heterocycles. The van der Waals surface area contributed by atoms with Crippen molar-refractivity contribution >= 4 is 0 Å². The van der Waals surface area contributed by atoms with E-state index in [-0.39, 0.29) is 0 Å². The Kier molecular flexibility index (Phi) is 4.99. The topological polar surface area (TPSA) is 31.4 Å². The van der Waals surface area contributed by atoms with Crippen LogP contribution in [-0.4, -0.2) is 19.2 Å². The zero-order valence-corrected chi connectivity index (χ0v) is 12.3. The maximum Gasteiger partial charge on any atom is 0.160 e. The van der Waals surface area contributed by atoms with Gasteiger partial charge in [-0.15, -0.1) is 0 Å². The van der Waals surface area contributed by atoms with E-state index < -0.39 is 0 Å². The SMILES string of the molecule is CCCc1cc(Cc2ccc(OC)c(OC)c2)ccn1. The molecule has 2 rings (SSSR count). The number of rotatable bonds is 6. The van der Waals surface area contributed by atoms with E-state index in [9.17, 15) is 0 Å². The minimum absolute atomic E-state index is 0.762. The fraction of sp³-hybridized carbons (Fsp3) is 0.353. The van der Waals surface area contributed by atoms with Gasteiger partial charge in [-0.1, -0.05) is 19.4 Å². The van der Waals surface area contributed by atoms with Gasteiger partial charge in [-0.05, 0) is 48.2 Å². The zero-order chi connectivity index (χ0) is 14.4. The highest BCUT2D eigenvalue weighted by atomic mass is 16.5. The summed E-state index contributed by atoms with van der Waals surface area (Å²) in [5, 5.41) is 0. The van der Waals surface area contributed by atoms with E-state index >= 15 is 0 Å². The van der Waals surface area contributed by atoms with Crippen LogP contribution in [0.3, 0.4) is 0 Å². The summed E-state index contributed by atoms with van der Waals surface area (Å²) in [6, 6.07) is 10.3. The van der Waals surface area contributed by atoms with Crippen LogP contribution >= 0.6 is 0 Å². The van der Waals surface area contributed by atoms with Gasteiger partial charge < -0.3 is 9.47 Å². The van der Waals surface area contributed by atoms with Crippen molar-refractivity contribution in [3.63, 3.8) is 0 Å². The Balaban J connectivity index is 2.19. The lowest BCUT2D eigenvalue weighted by Crippen LogP contribution is -1.96. The van der Waals surface area contributed by atoms with Crippen molar-refractivity contribution in [3.05, 3.63) is 53.3 Å². The summed E-state index contributed by atoms with van der Waals surface area (Å²) in [4.78, 5) is 4.39. The molecular formula is C17H21NO2. The van der Waals surface area contributed by atoms with Crippen molar-refractivity contribution in [3.8, 4) is 11.5 Å². The number of pyridine rings is 1. The van der Waals surface area contributed by atoms with Crippen LogP contribution in [0.25, 0.3) is 0 Å². The Morgan fingerprint density at radius 3 is 2.40 bits per heavy atom. The van der Waals surface area contributed by atoms with Crippen molar-refractivity contribution in [2.75, 3.05) is 14.2 Å². The third-order valence-corrected chi connectivity index (χ3v) is 3.24. The zero-order valence-electron chi connectivity index (χ0n) is 12.3. The predicted molar refractivity (Wildman–Crippen MR) is 80.6 cm³/mol. The molecule has 0 unspecified atom stereocenters. The summed E-state index contributed by atoms with van der Waals surface area (Å²) in [6.45, 7) is 2.17. The first-order valence-corrected chi connectivity index (χ1v) is 6.91. The van der Waals surface area contributed by atoms with E-state index in [1.165, 1.54) is 11.1 Å². The minimum atomic E-state index is 0.762. The summed E-state index contributed by atoms with van der Waals surface area (Å²) < 4.78 is 10.6. The number of nitrogens with zero attached hydrogens (tertiary/aromatic N) is 1. The lowest BCUT2D eigenvalue weighted by molar-refractivity contribution is 0.354. The monoisotopic (exact) mass is 271 g/mol. The highest BCUT2D eigenvalue weighted by Gasteiger charge is 2.05. The summed E-state index contributed by atoms with van der Waals surface area (Å²) in [5.41, 5.74) is 3.64. The molecule has 0 N–H and O–H groups in total. The van der Waals surface area contributed by atoms with Gasteiger partial charge in [-0.25, -0.2) is 0 Å². The molecule has 106 valence electrons. The van der Waals surface area contributed by atoms with Gasteiger partial charge in [-0.2, -0.15) is 0 Å². The number of benzene rings is 1. The third kappa shape index (κ3) is 3.50. The largest absolute Gasteiger partial charge is 0.493 e. The van der Waals surface area contributed by atoms with Crippen LogP contribution in [0.15, 0.2) is 36.5 Å². The van der Waals surface area contributed by atoms with E-state index in [0.29, 0.717) is 0 Å². The molecule has 0 bridgehead atoms. The number of methoxy groups -OCH3 is 2. The van der Waals surface area contributed by atoms with Crippen molar-refractivity contribution in [2.45, 2.75) is 26.2 Å². The van der Waals surface area contributed by atoms with Crippen LogP contribution in [0.4, 0.5) is 0 Å². The van der Waals surface area contributed by atoms with Gasteiger partial charge in [-0.3, -0.25) is 4.98 Å². The molecule has 20 heavy (non-hydrogen) atoms. The number of aromatic nitrogens is 1. The molecule has 1 aromatic carbocycles. The number of hydrogen-bond donors (Lipinski definition) is 0. The van der Waals surface area contributed by atoms with Crippen LogP contribution in [0.2, 0.25) is 0 Å². The predicted octanol–water partition coefficient (Wildman–Crippen LogP) is 3.64. The molecule has 2 aromatic rings. The number of hydrogen-bond acceptors (Lipinski definition) is 3. The average molecular weight is 271 g/mol. The fourth-order valence-electron chi connectivity index (χ4n) is 2.26. The fourth-order valence-corrected chi connectivity index (χ4v) is 2.26. The standard InChI is InChI=1S/C17H21NO2/c1-4-5-15-11-14(8-9-18-15)10-13-6-7-16(19-2)17(12-13)20-3/h6-9,11-12H,4-5,10H2,1-3H3. The van der Waals surface area contributed by atoms with E-state index in [1.54, 1.807) is 14.2 Å². The first-order valence-electron chi connectivity index (χ1n) is 6.91. The van der Waals surface area contributed by atoms with Crippen molar-refractivity contribution in [2.24, 2.45) is 0 Å². The van der Waals surface area contributed by atoms with Gasteiger partial charge in [0.05, 0.1) is 14.2 Å². The molecule has 0 spiro atoms. The van der Waals surface area contributed by atoms with Crippen molar-refractivity contribution in [1.82, 2.24) is 4.98 Å².